The van der Waals surface area contributed by atoms with E-state index < -0.39 is 0 Å². The average Bonchev–Trinajstić information content (AvgIpc) is 3.24. The van der Waals surface area contributed by atoms with Crippen LogP contribution in [0.15, 0.2) is 24.4 Å². The number of nitrogens with zero attached hydrogens (tertiary/aromatic N) is 1. The zero-order chi connectivity index (χ0) is 15.0. The van der Waals surface area contributed by atoms with Crippen molar-refractivity contribution in [2.45, 2.75) is 25.3 Å². The highest BCUT2D eigenvalue weighted by atomic mass is 16.5. The van der Waals surface area contributed by atoms with E-state index in [0.29, 0.717) is 17.4 Å². The Balaban J connectivity index is 1.92. The summed E-state index contributed by atoms with van der Waals surface area (Å²) in [7, 11) is 3.26. The molecule has 21 heavy (non-hydrogen) atoms. The van der Waals surface area contributed by atoms with Gasteiger partial charge in [-0.3, -0.25) is 0 Å². The molecule has 1 heterocycles. The number of imidazole rings is 1. The summed E-state index contributed by atoms with van der Waals surface area (Å²) in [5.41, 5.74) is 7.95. The number of aromatic amines is 1. The van der Waals surface area contributed by atoms with Crippen molar-refractivity contribution >= 4 is 0 Å². The Morgan fingerprint density at radius 3 is 2.57 bits per heavy atom. The number of nitrogens with two attached hydrogens (primary N) is 1. The molecule has 0 radical (unpaired) electrons. The van der Waals surface area contributed by atoms with Gasteiger partial charge < -0.3 is 20.2 Å². The van der Waals surface area contributed by atoms with Crippen LogP contribution < -0.4 is 15.2 Å². The van der Waals surface area contributed by atoms with E-state index in [2.05, 4.69) is 9.97 Å². The minimum atomic E-state index is -0.380. The second-order valence-electron chi connectivity index (χ2n) is 5.77. The highest BCUT2D eigenvalue weighted by Gasteiger charge is 2.41. The minimum Gasteiger partial charge on any atom is -0.493 e. The molecule has 1 aliphatic carbocycles. The summed E-state index contributed by atoms with van der Waals surface area (Å²) >= 11 is 0. The Bertz CT molecular complexity index is 645. The summed E-state index contributed by atoms with van der Waals surface area (Å²) in [4.78, 5) is 7.82. The van der Waals surface area contributed by atoms with Crippen molar-refractivity contribution in [1.82, 2.24) is 9.97 Å². The number of methoxy groups -OCH3 is 2. The fourth-order valence-corrected chi connectivity index (χ4v) is 2.62. The Kier molecular flexibility index (Phi) is 3.37. The van der Waals surface area contributed by atoms with Gasteiger partial charge in [0.1, 0.15) is 5.82 Å². The van der Waals surface area contributed by atoms with Gasteiger partial charge in [-0.2, -0.15) is 0 Å². The Morgan fingerprint density at radius 2 is 1.95 bits per heavy atom. The van der Waals surface area contributed by atoms with Gasteiger partial charge in [0.15, 0.2) is 11.5 Å². The fraction of sp³-hybridized carbons (Fsp3) is 0.438. The van der Waals surface area contributed by atoms with Crippen molar-refractivity contribution in [2.75, 3.05) is 14.2 Å². The molecule has 0 amide bonds. The average molecular weight is 287 g/mol. The highest BCUT2D eigenvalue weighted by molar-refractivity contribution is 5.63. The number of H-pyrrole nitrogens is 1. The zero-order valence-corrected chi connectivity index (χ0v) is 12.6. The first-order chi connectivity index (χ1) is 10.1. The van der Waals surface area contributed by atoms with Crippen molar-refractivity contribution in [3.8, 4) is 22.8 Å². The molecule has 0 spiro atoms. The summed E-state index contributed by atoms with van der Waals surface area (Å²) in [5, 5.41) is 0. The molecule has 1 aliphatic rings. The van der Waals surface area contributed by atoms with E-state index in [0.717, 1.165) is 17.1 Å². The summed E-state index contributed by atoms with van der Waals surface area (Å²) in [6.45, 7) is 2.04. The number of ether oxygens (including phenoxy) is 2. The number of benzene rings is 1. The van der Waals surface area contributed by atoms with Crippen molar-refractivity contribution in [3.63, 3.8) is 0 Å². The molecule has 0 saturated heterocycles. The van der Waals surface area contributed by atoms with E-state index in [9.17, 15) is 0 Å². The summed E-state index contributed by atoms with van der Waals surface area (Å²) in [6, 6.07) is 5.79. The molecule has 3 rings (SSSR count). The quantitative estimate of drug-likeness (QED) is 0.886. The third-order valence-corrected chi connectivity index (χ3v) is 4.21. The number of rotatable bonds is 5. The van der Waals surface area contributed by atoms with Gasteiger partial charge in [0, 0.05) is 5.56 Å². The van der Waals surface area contributed by atoms with Crippen LogP contribution in [0.2, 0.25) is 0 Å². The molecule has 1 unspecified atom stereocenters. The SMILES string of the molecule is COc1ccc(-c2cnc(C(C)(N)C3CC3)[nH]2)cc1OC. The Hall–Kier alpha value is -2.01. The summed E-state index contributed by atoms with van der Waals surface area (Å²) in [5.74, 6) is 2.78. The minimum absolute atomic E-state index is 0.380. The molecule has 1 atom stereocenters. The number of hydrogen-bond acceptors (Lipinski definition) is 4. The maximum absolute atomic E-state index is 6.40. The summed E-state index contributed by atoms with van der Waals surface area (Å²) < 4.78 is 10.6. The van der Waals surface area contributed by atoms with Crippen LogP contribution in [-0.2, 0) is 5.54 Å². The molecule has 1 fully saturated rings. The van der Waals surface area contributed by atoms with Gasteiger partial charge in [0.05, 0.1) is 31.6 Å². The molecule has 1 aromatic heterocycles. The zero-order valence-electron chi connectivity index (χ0n) is 12.6. The normalized spacial score (nSPS) is 17.3. The standard InChI is InChI=1S/C16H21N3O2/c1-16(17,11-5-6-11)15-18-9-12(19-15)10-4-7-13(20-2)14(8-10)21-3/h4,7-9,11H,5-6,17H2,1-3H3,(H,18,19). The van der Waals surface area contributed by atoms with Gasteiger partial charge in [-0.15, -0.1) is 0 Å². The summed E-state index contributed by atoms with van der Waals surface area (Å²) in [6.07, 6.45) is 4.18. The van der Waals surface area contributed by atoms with E-state index >= 15 is 0 Å². The van der Waals surface area contributed by atoms with Gasteiger partial charge in [-0.1, -0.05) is 0 Å². The maximum atomic E-state index is 6.40. The van der Waals surface area contributed by atoms with Gasteiger partial charge in [0.2, 0.25) is 0 Å². The molecule has 1 aromatic carbocycles. The third-order valence-electron chi connectivity index (χ3n) is 4.21. The Morgan fingerprint density at radius 1 is 1.24 bits per heavy atom. The topological polar surface area (TPSA) is 73.2 Å². The molecule has 0 bridgehead atoms. The van der Waals surface area contributed by atoms with E-state index in [1.807, 2.05) is 31.3 Å². The number of hydrogen-bond donors (Lipinski definition) is 2. The molecule has 3 N–H and O–H groups in total. The lowest BCUT2D eigenvalue weighted by Gasteiger charge is -2.21. The van der Waals surface area contributed by atoms with Gasteiger partial charge >= 0.3 is 0 Å². The molecule has 5 nitrogen and oxygen atoms in total. The lowest BCUT2D eigenvalue weighted by Crippen LogP contribution is -2.36. The highest BCUT2D eigenvalue weighted by Crippen LogP contribution is 2.43. The van der Waals surface area contributed by atoms with Crippen molar-refractivity contribution in [3.05, 3.63) is 30.2 Å². The Labute approximate surface area is 124 Å². The number of aromatic nitrogens is 2. The van der Waals surface area contributed by atoms with Crippen LogP contribution in [0.1, 0.15) is 25.6 Å². The molecular formula is C16H21N3O2. The van der Waals surface area contributed by atoms with Crippen LogP contribution in [0.5, 0.6) is 11.5 Å². The monoisotopic (exact) mass is 287 g/mol. The fourth-order valence-electron chi connectivity index (χ4n) is 2.62. The first-order valence-electron chi connectivity index (χ1n) is 7.13. The van der Waals surface area contributed by atoms with E-state index in [1.54, 1.807) is 14.2 Å². The smallest absolute Gasteiger partial charge is 0.161 e. The molecule has 2 aromatic rings. The van der Waals surface area contributed by atoms with Crippen LogP contribution in [0, 0.1) is 5.92 Å². The van der Waals surface area contributed by atoms with Crippen LogP contribution in [-0.4, -0.2) is 24.2 Å². The predicted octanol–water partition coefficient (Wildman–Crippen LogP) is 2.68. The van der Waals surface area contributed by atoms with Gasteiger partial charge in [-0.05, 0) is 43.9 Å². The largest absolute Gasteiger partial charge is 0.493 e. The van der Waals surface area contributed by atoms with E-state index in [4.69, 9.17) is 15.2 Å². The van der Waals surface area contributed by atoms with Crippen molar-refractivity contribution < 1.29 is 9.47 Å². The lowest BCUT2D eigenvalue weighted by atomic mass is 9.97. The van der Waals surface area contributed by atoms with Crippen LogP contribution in [0.3, 0.4) is 0 Å². The van der Waals surface area contributed by atoms with Crippen molar-refractivity contribution in [2.24, 2.45) is 11.7 Å². The van der Waals surface area contributed by atoms with Crippen LogP contribution >= 0.6 is 0 Å². The van der Waals surface area contributed by atoms with Crippen LogP contribution in [0.25, 0.3) is 11.3 Å². The van der Waals surface area contributed by atoms with E-state index in [1.165, 1.54) is 12.8 Å². The maximum Gasteiger partial charge on any atom is 0.161 e. The molecule has 112 valence electrons. The van der Waals surface area contributed by atoms with Crippen LogP contribution in [0.4, 0.5) is 0 Å². The predicted molar refractivity (Wildman–Crippen MR) is 81.4 cm³/mol. The van der Waals surface area contributed by atoms with Gasteiger partial charge in [-0.25, -0.2) is 4.98 Å². The second-order valence-corrected chi connectivity index (χ2v) is 5.77. The third kappa shape index (κ3) is 2.49. The lowest BCUT2D eigenvalue weighted by molar-refractivity contribution is 0.355. The second kappa shape index (κ2) is 5.07. The van der Waals surface area contributed by atoms with E-state index in [-0.39, 0.29) is 5.54 Å². The molecule has 5 heteroatoms. The molecular weight excluding hydrogens is 266 g/mol. The molecule has 0 aliphatic heterocycles. The molecule has 1 saturated carbocycles. The number of nitrogens with one attached hydrogen (secondary N) is 1. The first-order valence-corrected chi connectivity index (χ1v) is 7.13. The van der Waals surface area contributed by atoms with Crippen molar-refractivity contribution in [1.29, 1.82) is 0 Å². The van der Waals surface area contributed by atoms with Gasteiger partial charge in [0.25, 0.3) is 0 Å². The first kappa shape index (κ1) is 13.9.